The Kier molecular flexibility index (Phi) is 3.09. The van der Waals surface area contributed by atoms with Crippen molar-refractivity contribution in [1.82, 2.24) is 5.32 Å². The topological polar surface area (TPSA) is 12.0 Å². The Balaban J connectivity index is 1.98. The highest BCUT2D eigenvalue weighted by molar-refractivity contribution is 6.30. The van der Waals surface area contributed by atoms with Crippen LogP contribution in [-0.4, -0.2) is 6.04 Å². The molecule has 1 aromatic rings. The van der Waals surface area contributed by atoms with Crippen molar-refractivity contribution in [1.29, 1.82) is 0 Å². The maximum atomic E-state index is 5.95. The molecular formula is C12H16ClN. The van der Waals surface area contributed by atoms with Gasteiger partial charge in [-0.25, -0.2) is 0 Å². The van der Waals surface area contributed by atoms with Gasteiger partial charge in [-0.1, -0.05) is 30.2 Å². The predicted molar refractivity (Wildman–Crippen MR) is 60.6 cm³/mol. The third-order valence-electron chi connectivity index (χ3n) is 2.94. The van der Waals surface area contributed by atoms with Crippen molar-refractivity contribution in [3.63, 3.8) is 0 Å². The second kappa shape index (κ2) is 4.33. The maximum Gasteiger partial charge on any atom is 0.0409 e. The number of hydrogen-bond acceptors (Lipinski definition) is 1. The second-order valence-electron chi connectivity index (χ2n) is 4.07. The van der Waals surface area contributed by atoms with Gasteiger partial charge in [-0.2, -0.15) is 0 Å². The average molecular weight is 210 g/mol. The largest absolute Gasteiger partial charge is 0.307 e. The molecular weight excluding hydrogens is 194 g/mol. The Bertz CT molecular complexity index is 307. The van der Waals surface area contributed by atoms with Crippen LogP contribution in [0.1, 0.15) is 37.8 Å². The van der Waals surface area contributed by atoms with Gasteiger partial charge >= 0.3 is 0 Å². The normalized spacial score (nSPS) is 19.0. The summed E-state index contributed by atoms with van der Waals surface area (Å²) in [7, 11) is 0. The SMILES string of the molecule is C[C@H](NC1CCC1)c1cccc(Cl)c1. The molecule has 1 N–H and O–H groups in total. The zero-order valence-electron chi connectivity index (χ0n) is 8.46. The van der Waals surface area contributed by atoms with Crippen LogP contribution in [0.3, 0.4) is 0 Å². The van der Waals surface area contributed by atoms with Crippen molar-refractivity contribution in [3.05, 3.63) is 34.9 Å². The van der Waals surface area contributed by atoms with E-state index in [1.807, 2.05) is 18.2 Å². The first-order valence-electron chi connectivity index (χ1n) is 5.27. The predicted octanol–water partition coefficient (Wildman–Crippen LogP) is 3.54. The van der Waals surface area contributed by atoms with Gasteiger partial charge in [0.2, 0.25) is 0 Å². The van der Waals surface area contributed by atoms with Crippen molar-refractivity contribution in [2.75, 3.05) is 0 Å². The standard InChI is InChI=1S/C12H16ClN/c1-9(14-12-6-3-7-12)10-4-2-5-11(13)8-10/h2,4-5,8-9,12,14H,3,6-7H2,1H3/t9-/m0/s1. The third kappa shape index (κ3) is 2.28. The van der Waals surface area contributed by atoms with Gasteiger partial charge in [0, 0.05) is 17.1 Å². The minimum atomic E-state index is 0.416. The molecule has 2 heteroatoms. The van der Waals surface area contributed by atoms with Gasteiger partial charge in [-0.3, -0.25) is 0 Å². The molecule has 14 heavy (non-hydrogen) atoms. The van der Waals surface area contributed by atoms with E-state index in [-0.39, 0.29) is 0 Å². The van der Waals surface area contributed by atoms with Crippen molar-refractivity contribution >= 4 is 11.6 Å². The molecule has 0 bridgehead atoms. The Hall–Kier alpha value is -0.530. The molecule has 0 radical (unpaired) electrons. The Morgan fingerprint density at radius 1 is 1.43 bits per heavy atom. The van der Waals surface area contributed by atoms with E-state index in [9.17, 15) is 0 Å². The van der Waals surface area contributed by atoms with Crippen LogP contribution in [0, 0.1) is 0 Å². The highest BCUT2D eigenvalue weighted by Gasteiger charge is 2.19. The lowest BCUT2D eigenvalue weighted by atomic mass is 9.92. The second-order valence-corrected chi connectivity index (χ2v) is 4.51. The monoisotopic (exact) mass is 209 g/mol. The summed E-state index contributed by atoms with van der Waals surface area (Å²) in [4.78, 5) is 0. The summed E-state index contributed by atoms with van der Waals surface area (Å²) >= 11 is 5.95. The van der Waals surface area contributed by atoms with Crippen molar-refractivity contribution in [2.45, 2.75) is 38.3 Å². The van der Waals surface area contributed by atoms with Gasteiger partial charge in [-0.05, 0) is 37.5 Å². The molecule has 2 rings (SSSR count). The van der Waals surface area contributed by atoms with Crippen molar-refractivity contribution in [3.8, 4) is 0 Å². The van der Waals surface area contributed by atoms with Crippen LogP contribution in [0.25, 0.3) is 0 Å². The van der Waals surface area contributed by atoms with Crippen LogP contribution in [0.2, 0.25) is 5.02 Å². The molecule has 76 valence electrons. The van der Waals surface area contributed by atoms with Gasteiger partial charge < -0.3 is 5.32 Å². The molecule has 1 fully saturated rings. The first kappa shape index (κ1) is 10.0. The molecule has 0 spiro atoms. The van der Waals surface area contributed by atoms with Gasteiger partial charge in [0.05, 0.1) is 0 Å². The highest BCUT2D eigenvalue weighted by atomic mass is 35.5. The highest BCUT2D eigenvalue weighted by Crippen LogP contribution is 2.23. The van der Waals surface area contributed by atoms with Crippen LogP contribution in [0.5, 0.6) is 0 Å². The van der Waals surface area contributed by atoms with Gasteiger partial charge in [-0.15, -0.1) is 0 Å². The Labute approximate surface area is 90.5 Å². The lowest BCUT2D eigenvalue weighted by Gasteiger charge is -2.30. The summed E-state index contributed by atoms with van der Waals surface area (Å²) in [5, 5.41) is 4.43. The van der Waals surface area contributed by atoms with E-state index in [0.717, 1.165) is 11.1 Å². The van der Waals surface area contributed by atoms with Crippen LogP contribution >= 0.6 is 11.6 Å². The number of halogens is 1. The van der Waals surface area contributed by atoms with E-state index < -0.39 is 0 Å². The van der Waals surface area contributed by atoms with E-state index in [2.05, 4.69) is 18.3 Å². The number of nitrogens with one attached hydrogen (secondary N) is 1. The zero-order chi connectivity index (χ0) is 9.97. The molecule has 1 aliphatic rings. The average Bonchev–Trinajstić information content (AvgIpc) is 2.11. The smallest absolute Gasteiger partial charge is 0.0409 e. The maximum absolute atomic E-state index is 5.95. The third-order valence-corrected chi connectivity index (χ3v) is 3.17. The molecule has 0 aliphatic heterocycles. The molecule has 0 unspecified atom stereocenters. The van der Waals surface area contributed by atoms with E-state index in [0.29, 0.717) is 6.04 Å². The fourth-order valence-corrected chi connectivity index (χ4v) is 2.00. The molecule has 1 aliphatic carbocycles. The van der Waals surface area contributed by atoms with Crippen LogP contribution < -0.4 is 5.32 Å². The summed E-state index contributed by atoms with van der Waals surface area (Å²) in [5.74, 6) is 0. The number of hydrogen-bond donors (Lipinski definition) is 1. The quantitative estimate of drug-likeness (QED) is 0.803. The summed E-state index contributed by atoms with van der Waals surface area (Å²) in [6, 6.07) is 9.24. The van der Waals surface area contributed by atoms with Crippen LogP contribution in [0.4, 0.5) is 0 Å². The molecule has 1 nitrogen and oxygen atoms in total. The first-order valence-corrected chi connectivity index (χ1v) is 5.65. The lowest BCUT2D eigenvalue weighted by Crippen LogP contribution is -2.36. The molecule has 0 aromatic heterocycles. The van der Waals surface area contributed by atoms with Crippen LogP contribution in [-0.2, 0) is 0 Å². The molecule has 0 heterocycles. The number of benzene rings is 1. The fraction of sp³-hybridized carbons (Fsp3) is 0.500. The van der Waals surface area contributed by atoms with E-state index >= 15 is 0 Å². The van der Waals surface area contributed by atoms with Crippen molar-refractivity contribution < 1.29 is 0 Å². The van der Waals surface area contributed by atoms with Crippen molar-refractivity contribution in [2.24, 2.45) is 0 Å². The van der Waals surface area contributed by atoms with Crippen LogP contribution in [0.15, 0.2) is 24.3 Å². The molecule has 1 atom stereocenters. The summed E-state index contributed by atoms with van der Waals surface area (Å²) in [6.07, 6.45) is 4.02. The number of rotatable bonds is 3. The van der Waals surface area contributed by atoms with E-state index in [1.54, 1.807) is 0 Å². The first-order chi connectivity index (χ1) is 6.75. The molecule has 1 aromatic carbocycles. The van der Waals surface area contributed by atoms with Gasteiger partial charge in [0.25, 0.3) is 0 Å². The van der Waals surface area contributed by atoms with Gasteiger partial charge in [0.15, 0.2) is 0 Å². The lowest BCUT2D eigenvalue weighted by molar-refractivity contribution is 0.313. The molecule has 0 saturated heterocycles. The zero-order valence-corrected chi connectivity index (χ0v) is 9.22. The Morgan fingerprint density at radius 2 is 2.21 bits per heavy atom. The molecule has 1 saturated carbocycles. The summed E-state index contributed by atoms with van der Waals surface area (Å²) < 4.78 is 0. The summed E-state index contributed by atoms with van der Waals surface area (Å²) in [6.45, 7) is 2.20. The minimum Gasteiger partial charge on any atom is -0.307 e. The summed E-state index contributed by atoms with van der Waals surface area (Å²) in [5.41, 5.74) is 1.28. The fourth-order valence-electron chi connectivity index (χ4n) is 1.80. The van der Waals surface area contributed by atoms with E-state index in [4.69, 9.17) is 11.6 Å². The Morgan fingerprint density at radius 3 is 2.79 bits per heavy atom. The van der Waals surface area contributed by atoms with Gasteiger partial charge in [0.1, 0.15) is 0 Å². The molecule has 0 amide bonds. The minimum absolute atomic E-state index is 0.416. The van der Waals surface area contributed by atoms with E-state index in [1.165, 1.54) is 24.8 Å².